The van der Waals surface area contributed by atoms with Gasteiger partial charge >= 0.3 is 12.0 Å². The molecule has 1 unspecified atom stereocenters. The molecule has 0 saturated carbocycles. The van der Waals surface area contributed by atoms with E-state index in [-0.39, 0.29) is 11.9 Å². The summed E-state index contributed by atoms with van der Waals surface area (Å²) < 4.78 is 5.04. The van der Waals surface area contributed by atoms with Crippen molar-refractivity contribution < 1.29 is 19.1 Å². The third-order valence-electron chi connectivity index (χ3n) is 6.25. The second kappa shape index (κ2) is 14.4. The molecule has 1 aromatic carbocycles. The molecule has 0 saturated heterocycles. The monoisotopic (exact) mass is 471 g/mol. The summed E-state index contributed by atoms with van der Waals surface area (Å²) in [4.78, 5) is 39.5. The number of ether oxygens (including phenoxy) is 1. The lowest BCUT2D eigenvalue weighted by Crippen LogP contribution is -2.48. The standard InChI is InChI=1S/C27H41N3O4/c1-5-7-9-10-11-12-13-17-23(31)28-22-16-14-15-21(19-22)25-24(26(32)34-4)20(3)30(18-8-6-2)27(33)29-25/h14-16,19,25H,5-13,17-18H2,1-4H3,(H,28,31)(H,29,33). The number of nitrogens with one attached hydrogen (secondary N) is 2. The van der Waals surface area contributed by atoms with Gasteiger partial charge in [-0.2, -0.15) is 0 Å². The maximum Gasteiger partial charge on any atom is 0.337 e. The number of anilines is 1. The molecule has 2 rings (SSSR count). The Morgan fingerprint density at radius 1 is 1.03 bits per heavy atom. The zero-order valence-corrected chi connectivity index (χ0v) is 21.2. The van der Waals surface area contributed by atoms with Gasteiger partial charge in [-0.3, -0.25) is 9.69 Å². The van der Waals surface area contributed by atoms with Crippen molar-refractivity contribution in [2.24, 2.45) is 0 Å². The number of amides is 3. The van der Waals surface area contributed by atoms with Crippen molar-refractivity contribution in [3.05, 3.63) is 41.1 Å². The summed E-state index contributed by atoms with van der Waals surface area (Å²) in [5.74, 6) is -0.499. The van der Waals surface area contributed by atoms with Crippen molar-refractivity contribution in [3.63, 3.8) is 0 Å². The average Bonchev–Trinajstić information content (AvgIpc) is 2.82. The molecule has 0 spiro atoms. The summed E-state index contributed by atoms with van der Waals surface area (Å²) in [6, 6.07) is 6.41. The molecule has 1 atom stereocenters. The molecule has 0 bridgehead atoms. The lowest BCUT2D eigenvalue weighted by Gasteiger charge is -2.35. The number of hydrogen-bond acceptors (Lipinski definition) is 4. The van der Waals surface area contributed by atoms with Gasteiger partial charge in [0.1, 0.15) is 0 Å². The fourth-order valence-corrected chi connectivity index (χ4v) is 4.25. The number of carbonyl (C=O) groups excluding carboxylic acids is 3. The van der Waals surface area contributed by atoms with Crippen molar-refractivity contribution >= 4 is 23.6 Å². The molecule has 34 heavy (non-hydrogen) atoms. The van der Waals surface area contributed by atoms with Crippen LogP contribution >= 0.6 is 0 Å². The van der Waals surface area contributed by atoms with E-state index in [9.17, 15) is 14.4 Å². The number of esters is 1. The molecule has 0 radical (unpaired) electrons. The summed E-state index contributed by atoms with van der Waals surface area (Å²) >= 11 is 0. The number of hydrogen-bond donors (Lipinski definition) is 2. The third kappa shape index (κ3) is 7.89. The summed E-state index contributed by atoms with van der Waals surface area (Å²) in [5.41, 5.74) is 2.37. The molecule has 3 amide bonds. The van der Waals surface area contributed by atoms with Crippen LogP contribution in [0.25, 0.3) is 0 Å². The first kappa shape index (κ1) is 27.4. The van der Waals surface area contributed by atoms with Gasteiger partial charge < -0.3 is 15.4 Å². The van der Waals surface area contributed by atoms with Crippen molar-refractivity contribution in [2.75, 3.05) is 19.0 Å². The fourth-order valence-electron chi connectivity index (χ4n) is 4.25. The van der Waals surface area contributed by atoms with E-state index in [1.165, 1.54) is 39.2 Å². The molecule has 7 nitrogen and oxygen atoms in total. The Kier molecular flexibility index (Phi) is 11.6. The van der Waals surface area contributed by atoms with Gasteiger partial charge in [-0.1, -0.05) is 70.9 Å². The molecule has 0 aliphatic carbocycles. The highest BCUT2D eigenvalue weighted by molar-refractivity contribution is 5.95. The first-order chi connectivity index (χ1) is 16.4. The van der Waals surface area contributed by atoms with Gasteiger partial charge in [0.25, 0.3) is 0 Å². The number of carbonyl (C=O) groups is 3. The Hall–Kier alpha value is -2.83. The molecule has 1 heterocycles. The van der Waals surface area contributed by atoms with Gasteiger partial charge in [-0.25, -0.2) is 9.59 Å². The number of nitrogens with zero attached hydrogens (tertiary/aromatic N) is 1. The molecule has 1 aliphatic heterocycles. The van der Waals surface area contributed by atoms with Crippen LogP contribution in [-0.2, 0) is 14.3 Å². The van der Waals surface area contributed by atoms with Gasteiger partial charge in [0.15, 0.2) is 0 Å². The van der Waals surface area contributed by atoms with E-state index in [0.717, 1.165) is 31.2 Å². The molecule has 1 aliphatic rings. The van der Waals surface area contributed by atoms with Crippen LogP contribution in [0.4, 0.5) is 10.5 Å². The first-order valence-electron chi connectivity index (χ1n) is 12.7. The van der Waals surface area contributed by atoms with Crippen molar-refractivity contribution in [2.45, 2.75) is 91.0 Å². The van der Waals surface area contributed by atoms with Crippen LogP contribution in [0.1, 0.15) is 96.6 Å². The summed E-state index contributed by atoms with van der Waals surface area (Å²) in [6.07, 6.45) is 10.4. The Labute approximate surface area is 204 Å². The zero-order chi connectivity index (χ0) is 24.9. The average molecular weight is 472 g/mol. The number of allylic oxidation sites excluding steroid dienone is 1. The SMILES string of the molecule is CCCCCCCCCC(=O)Nc1cccc(C2NC(=O)N(CCCC)C(C)=C2C(=O)OC)c1. The minimum absolute atomic E-state index is 0.0240. The van der Waals surface area contributed by atoms with E-state index in [4.69, 9.17) is 4.74 Å². The van der Waals surface area contributed by atoms with E-state index >= 15 is 0 Å². The van der Waals surface area contributed by atoms with Gasteiger partial charge in [0.05, 0.1) is 18.7 Å². The normalized spacial score (nSPS) is 15.8. The largest absolute Gasteiger partial charge is 0.466 e. The number of rotatable bonds is 14. The molecule has 0 fully saturated rings. The van der Waals surface area contributed by atoms with E-state index in [1.807, 2.05) is 24.3 Å². The number of benzene rings is 1. The van der Waals surface area contributed by atoms with E-state index in [1.54, 1.807) is 11.8 Å². The summed E-state index contributed by atoms with van der Waals surface area (Å²) in [5, 5.41) is 5.90. The zero-order valence-electron chi connectivity index (χ0n) is 21.2. The first-order valence-corrected chi connectivity index (χ1v) is 12.7. The maximum atomic E-state index is 12.8. The van der Waals surface area contributed by atoms with Crippen molar-refractivity contribution in [3.8, 4) is 0 Å². The van der Waals surface area contributed by atoms with Gasteiger partial charge in [0, 0.05) is 24.4 Å². The van der Waals surface area contributed by atoms with Crippen molar-refractivity contribution in [1.29, 1.82) is 0 Å². The van der Waals surface area contributed by atoms with Crippen LogP contribution in [0, 0.1) is 0 Å². The minimum Gasteiger partial charge on any atom is -0.466 e. The van der Waals surface area contributed by atoms with Crippen molar-refractivity contribution in [1.82, 2.24) is 10.2 Å². The van der Waals surface area contributed by atoms with E-state index < -0.39 is 12.0 Å². The van der Waals surface area contributed by atoms with Gasteiger partial charge in [0.2, 0.25) is 5.91 Å². The topological polar surface area (TPSA) is 87.7 Å². The minimum atomic E-state index is -0.641. The summed E-state index contributed by atoms with van der Waals surface area (Å²) in [7, 11) is 1.34. The Morgan fingerprint density at radius 3 is 2.38 bits per heavy atom. The second-order valence-corrected chi connectivity index (χ2v) is 8.92. The van der Waals surface area contributed by atoms with Gasteiger partial charge in [-0.15, -0.1) is 0 Å². The smallest absolute Gasteiger partial charge is 0.337 e. The molecular formula is C27H41N3O4. The Morgan fingerprint density at radius 2 is 1.71 bits per heavy atom. The van der Waals surface area contributed by atoms with Crippen LogP contribution in [0.5, 0.6) is 0 Å². The van der Waals surface area contributed by atoms with Gasteiger partial charge in [-0.05, 0) is 37.5 Å². The lowest BCUT2D eigenvalue weighted by atomic mass is 9.94. The number of methoxy groups -OCH3 is 1. The molecule has 0 aromatic heterocycles. The quantitative estimate of drug-likeness (QED) is 0.254. The predicted molar refractivity (Wildman–Crippen MR) is 135 cm³/mol. The molecule has 188 valence electrons. The maximum absolute atomic E-state index is 12.8. The highest BCUT2D eigenvalue weighted by atomic mass is 16.5. The molecule has 7 heteroatoms. The molecular weight excluding hydrogens is 430 g/mol. The Bertz CT molecular complexity index is 865. The number of urea groups is 1. The highest BCUT2D eigenvalue weighted by Gasteiger charge is 2.36. The Balaban J connectivity index is 2.08. The molecule has 1 aromatic rings. The highest BCUT2D eigenvalue weighted by Crippen LogP contribution is 2.32. The summed E-state index contributed by atoms with van der Waals surface area (Å²) in [6.45, 7) is 6.58. The lowest BCUT2D eigenvalue weighted by molar-refractivity contribution is -0.136. The van der Waals surface area contributed by atoms with Crippen LogP contribution in [0.3, 0.4) is 0 Å². The third-order valence-corrected chi connectivity index (χ3v) is 6.25. The number of unbranched alkanes of at least 4 members (excludes halogenated alkanes) is 7. The van der Waals surface area contributed by atoms with Crippen LogP contribution < -0.4 is 10.6 Å². The predicted octanol–water partition coefficient (Wildman–Crippen LogP) is 6.08. The van der Waals surface area contributed by atoms with E-state index in [0.29, 0.717) is 29.9 Å². The van der Waals surface area contributed by atoms with Crippen LogP contribution in [0.15, 0.2) is 35.5 Å². The van der Waals surface area contributed by atoms with Crippen LogP contribution in [-0.4, -0.2) is 36.5 Å². The van der Waals surface area contributed by atoms with Crippen LogP contribution in [0.2, 0.25) is 0 Å². The van der Waals surface area contributed by atoms with E-state index in [2.05, 4.69) is 24.5 Å². The molecule has 2 N–H and O–H groups in total. The fraction of sp³-hybridized carbons (Fsp3) is 0.593. The second-order valence-electron chi connectivity index (χ2n) is 8.92.